The van der Waals surface area contributed by atoms with Crippen LogP contribution in [0.15, 0.2) is 53.6 Å². The summed E-state index contributed by atoms with van der Waals surface area (Å²) in [6.07, 6.45) is 3.64. The zero-order valence-corrected chi connectivity index (χ0v) is 16.5. The minimum absolute atomic E-state index is 0.0597. The van der Waals surface area contributed by atoms with Crippen LogP contribution in [0.5, 0.6) is 5.75 Å². The van der Waals surface area contributed by atoms with Crippen LogP contribution in [0, 0.1) is 0 Å². The third kappa shape index (κ3) is 6.89. The molecule has 152 valence electrons. The van der Waals surface area contributed by atoms with Crippen LogP contribution in [0.2, 0.25) is 5.02 Å². The Morgan fingerprint density at radius 2 is 2.07 bits per heavy atom. The van der Waals surface area contributed by atoms with Crippen LogP contribution in [0.3, 0.4) is 0 Å². The van der Waals surface area contributed by atoms with E-state index in [1.807, 2.05) is 0 Å². The summed E-state index contributed by atoms with van der Waals surface area (Å²) in [6.45, 7) is 1.21. The van der Waals surface area contributed by atoms with Crippen LogP contribution in [-0.2, 0) is 9.53 Å². The van der Waals surface area contributed by atoms with E-state index in [9.17, 15) is 9.59 Å². The number of hydrazone groups is 1. The molecule has 0 radical (unpaired) electrons. The Balaban J connectivity index is 1.40. The Morgan fingerprint density at radius 3 is 2.79 bits per heavy atom. The van der Waals surface area contributed by atoms with Crippen LogP contribution < -0.4 is 15.5 Å². The first-order valence-electron chi connectivity index (χ1n) is 9.30. The van der Waals surface area contributed by atoms with Gasteiger partial charge in [0.1, 0.15) is 5.75 Å². The summed E-state index contributed by atoms with van der Waals surface area (Å²) < 4.78 is 10.9. The van der Waals surface area contributed by atoms with E-state index in [4.69, 9.17) is 21.1 Å². The van der Waals surface area contributed by atoms with Crippen molar-refractivity contribution in [3.05, 3.63) is 64.7 Å². The summed E-state index contributed by atoms with van der Waals surface area (Å²) in [5.74, 6) is 0.0324. The number of amides is 2. The minimum atomic E-state index is -0.349. The topological polar surface area (TPSA) is 89.0 Å². The van der Waals surface area contributed by atoms with Gasteiger partial charge in [0, 0.05) is 23.7 Å². The molecule has 0 spiro atoms. The molecule has 1 aliphatic rings. The van der Waals surface area contributed by atoms with Gasteiger partial charge in [0.25, 0.3) is 11.8 Å². The Morgan fingerprint density at radius 1 is 1.24 bits per heavy atom. The molecular weight excluding hydrogens is 394 g/mol. The number of carbonyl (C=O) groups is 2. The zero-order valence-electron chi connectivity index (χ0n) is 15.8. The number of nitrogens with zero attached hydrogens (tertiary/aromatic N) is 1. The van der Waals surface area contributed by atoms with Crippen molar-refractivity contribution < 1.29 is 19.1 Å². The van der Waals surface area contributed by atoms with Gasteiger partial charge in [-0.1, -0.05) is 17.7 Å². The second-order valence-electron chi connectivity index (χ2n) is 6.51. The fourth-order valence-electron chi connectivity index (χ4n) is 2.74. The lowest BCUT2D eigenvalue weighted by Gasteiger charge is -2.11. The zero-order chi connectivity index (χ0) is 20.5. The molecule has 0 saturated carbocycles. The standard InChI is InChI=1S/C21H22ClN3O4/c22-17-4-1-3-16(11-17)21(27)25-24-12-15-6-8-18(9-7-15)29-14-20(26)23-13-19-5-2-10-28-19/h1,3-4,6-9,11-12,19H,2,5,10,13-14H2,(H,23,26)(H,25,27)/b24-12-/t19-/m0/s1. The quantitative estimate of drug-likeness (QED) is 0.512. The van der Waals surface area contributed by atoms with Gasteiger partial charge in [-0.15, -0.1) is 0 Å². The van der Waals surface area contributed by atoms with Crippen LogP contribution in [0.1, 0.15) is 28.8 Å². The van der Waals surface area contributed by atoms with Crippen molar-refractivity contribution in [2.45, 2.75) is 18.9 Å². The molecule has 1 heterocycles. The molecular formula is C21H22ClN3O4. The first-order chi connectivity index (χ1) is 14.1. The molecule has 3 rings (SSSR count). The largest absolute Gasteiger partial charge is 0.484 e. The summed E-state index contributed by atoms with van der Waals surface area (Å²) in [5.41, 5.74) is 3.64. The average Bonchev–Trinajstić information content (AvgIpc) is 3.25. The molecule has 2 aromatic rings. The summed E-state index contributed by atoms with van der Waals surface area (Å²) >= 11 is 5.87. The van der Waals surface area contributed by atoms with Crippen molar-refractivity contribution in [1.82, 2.24) is 10.7 Å². The number of carbonyl (C=O) groups excluding carboxylic acids is 2. The monoisotopic (exact) mass is 415 g/mol. The molecule has 1 fully saturated rings. The lowest BCUT2D eigenvalue weighted by molar-refractivity contribution is -0.123. The van der Waals surface area contributed by atoms with Gasteiger partial charge in [0.2, 0.25) is 0 Å². The molecule has 8 heteroatoms. The van der Waals surface area contributed by atoms with E-state index in [1.54, 1.807) is 48.5 Å². The third-order valence-electron chi connectivity index (χ3n) is 4.27. The van der Waals surface area contributed by atoms with Gasteiger partial charge in [-0.25, -0.2) is 5.43 Å². The second kappa shape index (κ2) is 10.6. The van der Waals surface area contributed by atoms with E-state index in [1.165, 1.54) is 6.21 Å². The van der Waals surface area contributed by atoms with Gasteiger partial charge in [-0.3, -0.25) is 9.59 Å². The first kappa shape index (κ1) is 20.8. The molecule has 1 atom stereocenters. The number of hydrogen-bond donors (Lipinski definition) is 2. The lowest BCUT2D eigenvalue weighted by atomic mass is 10.2. The fraction of sp³-hybridized carbons (Fsp3) is 0.286. The smallest absolute Gasteiger partial charge is 0.271 e. The molecule has 1 saturated heterocycles. The number of rotatable bonds is 8. The average molecular weight is 416 g/mol. The van der Waals surface area contributed by atoms with E-state index in [0.29, 0.717) is 22.9 Å². The Bertz CT molecular complexity index is 864. The second-order valence-corrected chi connectivity index (χ2v) is 6.94. The van der Waals surface area contributed by atoms with Gasteiger partial charge in [0.15, 0.2) is 6.61 Å². The Hall–Kier alpha value is -2.90. The molecule has 1 aliphatic heterocycles. The molecule has 0 aliphatic carbocycles. The van der Waals surface area contributed by atoms with Crippen LogP contribution in [0.4, 0.5) is 0 Å². The highest BCUT2D eigenvalue weighted by Gasteiger charge is 2.16. The van der Waals surface area contributed by atoms with Gasteiger partial charge in [-0.05, 0) is 60.9 Å². The molecule has 29 heavy (non-hydrogen) atoms. The fourth-order valence-corrected chi connectivity index (χ4v) is 2.93. The van der Waals surface area contributed by atoms with Crippen molar-refractivity contribution in [2.24, 2.45) is 5.10 Å². The maximum atomic E-state index is 12.0. The summed E-state index contributed by atoms with van der Waals surface area (Å²) in [7, 11) is 0. The van der Waals surface area contributed by atoms with Crippen molar-refractivity contribution in [3.63, 3.8) is 0 Å². The van der Waals surface area contributed by atoms with E-state index >= 15 is 0 Å². The van der Waals surface area contributed by atoms with Crippen molar-refractivity contribution in [3.8, 4) is 5.75 Å². The molecule has 0 unspecified atom stereocenters. The predicted octanol–water partition coefficient (Wildman–Crippen LogP) is 2.78. The van der Waals surface area contributed by atoms with Crippen LogP contribution in [0.25, 0.3) is 0 Å². The Labute approximate surface area is 174 Å². The number of nitrogens with one attached hydrogen (secondary N) is 2. The van der Waals surface area contributed by atoms with Gasteiger partial charge in [0.05, 0.1) is 12.3 Å². The molecule has 2 amide bonds. The molecule has 0 bridgehead atoms. The number of hydrogen-bond acceptors (Lipinski definition) is 5. The lowest BCUT2D eigenvalue weighted by Crippen LogP contribution is -2.35. The maximum absolute atomic E-state index is 12.0. The molecule has 2 aromatic carbocycles. The first-order valence-corrected chi connectivity index (χ1v) is 9.68. The van der Waals surface area contributed by atoms with Crippen LogP contribution >= 0.6 is 11.6 Å². The highest BCUT2D eigenvalue weighted by molar-refractivity contribution is 6.30. The van der Waals surface area contributed by atoms with E-state index in [2.05, 4.69) is 15.8 Å². The minimum Gasteiger partial charge on any atom is -0.484 e. The summed E-state index contributed by atoms with van der Waals surface area (Å²) in [6, 6.07) is 13.6. The van der Waals surface area contributed by atoms with E-state index in [0.717, 1.165) is 25.0 Å². The predicted molar refractivity (Wildman–Crippen MR) is 110 cm³/mol. The summed E-state index contributed by atoms with van der Waals surface area (Å²) in [4.78, 5) is 23.8. The number of halogens is 1. The molecule has 0 aromatic heterocycles. The Kier molecular flexibility index (Phi) is 7.61. The highest BCUT2D eigenvalue weighted by Crippen LogP contribution is 2.12. The van der Waals surface area contributed by atoms with Gasteiger partial charge >= 0.3 is 0 Å². The van der Waals surface area contributed by atoms with Gasteiger partial charge in [-0.2, -0.15) is 5.10 Å². The van der Waals surface area contributed by atoms with E-state index in [-0.39, 0.29) is 24.5 Å². The van der Waals surface area contributed by atoms with Crippen molar-refractivity contribution >= 4 is 29.6 Å². The molecule has 2 N–H and O–H groups in total. The summed E-state index contributed by atoms with van der Waals surface area (Å²) in [5, 5.41) is 7.22. The van der Waals surface area contributed by atoms with E-state index < -0.39 is 0 Å². The normalized spacial score (nSPS) is 16.0. The van der Waals surface area contributed by atoms with Gasteiger partial charge < -0.3 is 14.8 Å². The molecule has 7 nitrogen and oxygen atoms in total. The number of ether oxygens (including phenoxy) is 2. The van der Waals surface area contributed by atoms with Crippen molar-refractivity contribution in [1.29, 1.82) is 0 Å². The highest BCUT2D eigenvalue weighted by atomic mass is 35.5. The SMILES string of the molecule is O=C(COc1ccc(/C=N\NC(=O)c2cccc(Cl)c2)cc1)NC[C@@H]1CCCO1. The van der Waals surface area contributed by atoms with Crippen LogP contribution in [-0.4, -0.2) is 43.9 Å². The number of benzene rings is 2. The maximum Gasteiger partial charge on any atom is 0.271 e. The van der Waals surface area contributed by atoms with Crippen molar-refractivity contribution in [2.75, 3.05) is 19.8 Å². The third-order valence-corrected chi connectivity index (χ3v) is 4.50.